The molecule has 0 atom stereocenters. The molecular weight excluding hydrogens is 232 g/mol. The second-order valence-electron chi connectivity index (χ2n) is 4.57. The minimum Gasteiger partial charge on any atom is -0.478 e. The van der Waals surface area contributed by atoms with Gasteiger partial charge in [0.15, 0.2) is 0 Å². The Hall–Kier alpha value is -1.91. The first-order valence-electron chi connectivity index (χ1n) is 5.91. The van der Waals surface area contributed by atoms with Gasteiger partial charge in [0.25, 0.3) is 5.91 Å². The average Bonchev–Trinajstić information content (AvgIpc) is 2.27. The van der Waals surface area contributed by atoms with Crippen LogP contribution in [0.1, 0.15) is 46.8 Å². The lowest BCUT2D eigenvalue weighted by Gasteiger charge is -2.07. The maximum absolute atomic E-state index is 11.7. The Bertz CT molecular complexity index is 456. The third kappa shape index (κ3) is 3.84. The first kappa shape index (κ1) is 14.2. The summed E-state index contributed by atoms with van der Waals surface area (Å²) in [5, 5.41) is 11.6. The zero-order chi connectivity index (χ0) is 13.7. The summed E-state index contributed by atoms with van der Waals surface area (Å²) < 4.78 is 0. The minimum absolute atomic E-state index is 0.119. The van der Waals surface area contributed by atoms with E-state index < -0.39 is 5.97 Å². The Morgan fingerprint density at radius 2 is 2.06 bits per heavy atom. The van der Waals surface area contributed by atoms with Gasteiger partial charge in [-0.15, -0.1) is 0 Å². The monoisotopic (exact) mass is 250 g/mol. The van der Waals surface area contributed by atoms with E-state index in [9.17, 15) is 9.59 Å². The number of aromatic carboxylic acids is 1. The quantitative estimate of drug-likeness (QED) is 0.836. The normalized spacial score (nSPS) is 10.4. The van der Waals surface area contributed by atoms with E-state index in [-0.39, 0.29) is 17.2 Å². The predicted molar refractivity (Wildman–Crippen MR) is 67.7 cm³/mol. The number of aromatic nitrogens is 1. The van der Waals surface area contributed by atoms with E-state index in [1.807, 2.05) is 0 Å². The molecule has 98 valence electrons. The van der Waals surface area contributed by atoms with Crippen LogP contribution >= 0.6 is 0 Å². The number of hydrogen-bond donors (Lipinski definition) is 2. The van der Waals surface area contributed by atoms with Crippen LogP contribution in [-0.2, 0) is 0 Å². The van der Waals surface area contributed by atoms with Gasteiger partial charge in [0.2, 0.25) is 0 Å². The maximum atomic E-state index is 11.7. The summed E-state index contributed by atoms with van der Waals surface area (Å²) in [5.41, 5.74) is 0.717. The molecule has 0 saturated carbocycles. The number of pyridine rings is 1. The molecule has 0 aromatic carbocycles. The number of carboxylic acid groups (broad SMARTS) is 1. The highest BCUT2D eigenvalue weighted by Crippen LogP contribution is 2.07. The topological polar surface area (TPSA) is 79.3 Å². The fourth-order valence-electron chi connectivity index (χ4n) is 1.48. The molecule has 1 aromatic heterocycles. The molecule has 0 fully saturated rings. The van der Waals surface area contributed by atoms with Crippen LogP contribution in [0.3, 0.4) is 0 Å². The molecule has 1 amide bonds. The van der Waals surface area contributed by atoms with Gasteiger partial charge in [0, 0.05) is 6.54 Å². The van der Waals surface area contributed by atoms with Gasteiger partial charge < -0.3 is 10.4 Å². The number of carboxylic acids is 1. The lowest BCUT2D eigenvalue weighted by atomic mass is 10.1. The van der Waals surface area contributed by atoms with E-state index in [2.05, 4.69) is 24.1 Å². The maximum Gasteiger partial charge on any atom is 0.337 e. The third-order valence-corrected chi connectivity index (χ3v) is 2.56. The first-order valence-corrected chi connectivity index (χ1v) is 5.91. The number of amides is 1. The molecule has 0 aliphatic rings. The molecule has 0 bridgehead atoms. The Morgan fingerprint density at radius 3 is 2.56 bits per heavy atom. The highest BCUT2D eigenvalue weighted by molar-refractivity contribution is 5.94. The first-order chi connectivity index (χ1) is 8.41. The molecule has 5 nitrogen and oxygen atoms in total. The fourth-order valence-corrected chi connectivity index (χ4v) is 1.48. The number of carbonyl (C=O) groups is 2. The summed E-state index contributed by atoms with van der Waals surface area (Å²) in [4.78, 5) is 26.5. The number of carbonyl (C=O) groups excluding carboxylic acids is 1. The van der Waals surface area contributed by atoms with E-state index in [4.69, 9.17) is 5.11 Å². The number of aryl methyl sites for hydroxylation is 1. The lowest BCUT2D eigenvalue weighted by Crippen LogP contribution is -2.26. The summed E-state index contributed by atoms with van der Waals surface area (Å²) in [7, 11) is 0. The number of rotatable bonds is 5. The van der Waals surface area contributed by atoms with E-state index in [1.54, 1.807) is 6.92 Å². The average molecular weight is 250 g/mol. The summed E-state index contributed by atoms with van der Waals surface area (Å²) >= 11 is 0. The Balaban J connectivity index is 2.70. The Labute approximate surface area is 106 Å². The van der Waals surface area contributed by atoms with E-state index in [1.165, 1.54) is 12.1 Å². The fraction of sp³-hybridized carbons (Fsp3) is 0.462. The van der Waals surface area contributed by atoms with Crippen molar-refractivity contribution in [2.75, 3.05) is 6.54 Å². The molecule has 1 heterocycles. The molecule has 0 radical (unpaired) electrons. The molecule has 1 rings (SSSR count). The van der Waals surface area contributed by atoms with Crippen molar-refractivity contribution in [1.82, 2.24) is 10.3 Å². The van der Waals surface area contributed by atoms with Crippen LogP contribution in [0.5, 0.6) is 0 Å². The van der Waals surface area contributed by atoms with Gasteiger partial charge in [-0.25, -0.2) is 9.78 Å². The zero-order valence-corrected chi connectivity index (χ0v) is 10.9. The zero-order valence-electron chi connectivity index (χ0n) is 10.9. The molecule has 0 saturated heterocycles. The van der Waals surface area contributed by atoms with Crippen LogP contribution in [0.25, 0.3) is 0 Å². The van der Waals surface area contributed by atoms with Crippen molar-refractivity contribution in [2.24, 2.45) is 5.92 Å². The minimum atomic E-state index is -1.04. The second kappa shape index (κ2) is 6.14. The van der Waals surface area contributed by atoms with Crippen LogP contribution in [0.2, 0.25) is 0 Å². The van der Waals surface area contributed by atoms with Crippen LogP contribution in [0, 0.1) is 12.8 Å². The van der Waals surface area contributed by atoms with Crippen molar-refractivity contribution < 1.29 is 14.7 Å². The Morgan fingerprint density at radius 1 is 1.39 bits per heavy atom. The summed E-state index contributed by atoms with van der Waals surface area (Å²) in [6.07, 6.45) is 0.901. The number of nitrogens with zero attached hydrogens (tertiary/aromatic N) is 1. The number of nitrogens with one attached hydrogen (secondary N) is 1. The van der Waals surface area contributed by atoms with Crippen LogP contribution in [0.4, 0.5) is 0 Å². The second-order valence-corrected chi connectivity index (χ2v) is 4.57. The largest absolute Gasteiger partial charge is 0.478 e. The lowest BCUT2D eigenvalue weighted by molar-refractivity contribution is 0.0694. The van der Waals surface area contributed by atoms with Crippen molar-refractivity contribution in [3.05, 3.63) is 29.1 Å². The van der Waals surface area contributed by atoms with E-state index >= 15 is 0 Å². The SMILES string of the molecule is Cc1nc(C(=O)NCCC(C)C)ccc1C(=O)O. The third-order valence-electron chi connectivity index (χ3n) is 2.56. The van der Waals surface area contributed by atoms with Crippen molar-refractivity contribution in [2.45, 2.75) is 27.2 Å². The molecule has 0 aliphatic heterocycles. The van der Waals surface area contributed by atoms with E-state index in [0.717, 1.165) is 6.42 Å². The van der Waals surface area contributed by atoms with Gasteiger partial charge in [0.1, 0.15) is 5.69 Å². The van der Waals surface area contributed by atoms with E-state index in [0.29, 0.717) is 18.2 Å². The van der Waals surface area contributed by atoms with Crippen molar-refractivity contribution in [3.8, 4) is 0 Å². The van der Waals surface area contributed by atoms with Crippen molar-refractivity contribution in [1.29, 1.82) is 0 Å². The standard InChI is InChI=1S/C13H18N2O3/c1-8(2)6-7-14-12(16)11-5-4-10(13(17)18)9(3)15-11/h4-5,8H,6-7H2,1-3H3,(H,14,16)(H,17,18). The van der Waals surface area contributed by atoms with Crippen molar-refractivity contribution >= 4 is 11.9 Å². The van der Waals surface area contributed by atoms with Crippen molar-refractivity contribution in [3.63, 3.8) is 0 Å². The summed E-state index contributed by atoms with van der Waals surface area (Å²) in [6, 6.07) is 2.84. The summed E-state index contributed by atoms with van der Waals surface area (Å²) in [6.45, 7) is 6.33. The molecule has 18 heavy (non-hydrogen) atoms. The van der Waals surface area contributed by atoms with Gasteiger partial charge >= 0.3 is 5.97 Å². The molecule has 2 N–H and O–H groups in total. The van der Waals surface area contributed by atoms with Crippen LogP contribution in [0.15, 0.2) is 12.1 Å². The summed E-state index contributed by atoms with van der Waals surface area (Å²) in [5.74, 6) is -0.781. The van der Waals surface area contributed by atoms with Crippen LogP contribution < -0.4 is 5.32 Å². The van der Waals surface area contributed by atoms with Gasteiger partial charge in [-0.05, 0) is 31.4 Å². The molecular formula is C13H18N2O3. The highest BCUT2D eigenvalue weighted by Gasteiger charge is 2.12. The molecule has 0 spiro atoms. The van der Waals surface area contributed by atoms with Gasteiger partial charge in [-0.3, -0.25) is 4.79 Å². The number of hydrogen-bond acceptors (Lipinski definition) is 3. The molecule has 5 heteroatoms. The molecule has 1 aromatic rings. The van der Waals surface area contributed by atoms with Gasteiger partial charge in [0.05, 0.1) is 11.3 Å². The van der Waals surface area contributed by atoms with Gasteiger partial charge in [-0.2, -0.15) is 0 Å². The smallest absolute Gasteiger partial charge is 0.337 e. The molecule has 0 unspecified atom stereocenters. The Kier molecular flexibility index (Phi) is 4.83. The van der Waals surface area contributed by atoms with Crippen LogP contribution in [-0.4, -0.2) is 28.5 Å². The highest BCUT2D eigenvalue weighted by atomic mass is 16.4. The molecule has 0 aliphatic carbocycles. The predicted octanol–water partition coefficient (Wildman–Crippen LogP) is 1.86. The van der Waals surface area contributed by atoms with Gasteiger partial charge in [-0.1, -0.05) is 13.8 Å².